The fourth-order valence-electron chi connectivity index (χ4n) is 3.83. The van der Waals surface area contributed by atoms with Gasteiger partial charge in [-0.25, -0.2) is 13.4 Å². The summed E-state index contributed by atoms with van der Waals surface area (Å²) in [6.07, 6.45) is 3.01. The Bertz CT molecular complexity index is 615. The second kappa shape index (κ2) is 8.56. The summed E-state index contributed by atoms with van der Waals surface area (Å²) in [5, 5.41) is 3.43. The van der Waals surface area contributed by atoms with E-state index < -0.39 is 9.84 Å². The molecule has 1 N–H and O–H groups in total. The van der Waals surface area contributed by atoms with Gasteiger partial charge in [-0.05, 0) is 32.1 Å². The Balaban J connectivity index is 0.00000225. The summed E-state index contributed by atoms with van der Waals surface area (Å²) in [6, 6.07) is 0. The van der Waals surface area contributed by atoms with Crippen LogP contribution in [0, 0.1) is 11.3 Å². The van der Waals surface area contributed by atoms with Gasteiger partial charge < -0.3 is 15.0 Å². The van der Waals surface area contributed by atoms with Crippen molar-refractivity contribution >= 4 is 39.8 Å². The van der Waals surface area contributed by atoms with Crippen molar-refractivity contribution in [1.82, 2.24) is 10.2 Å². The fraction of sp³-hybridized carbons (Fsp3) is 0.824. The minimum Gasteiger partial charge on any atom is -0.381 e. The first kappa shape index (κ1) is 21.0. The lowest BCUT2D eigenvalue weighted by Gasteiger charge is -2.26. The number of aliphatic imine (C=N–C) groups is 1. The van der Waals surface area contributed by atoms with Gasteiger partial charge in [0, 0.05) is 31.7 Å². The maximum atomic E-state index is 11.6. The minimum absolute atomic E-state index is 0. The van der Waals surface area contributed by atoms with Gasteiger partial charge in [0.1, 0.15) is 0 Å². The summed E-state index contributed by atoms with van der Waals surface area (Å²) in [5.74, 6) is 1.70. The lowest BCUT2D eigenvalue weighted by molar-refractivity contribution is 0.156. The van der Waals surface area contributed by atoms with Crippen molar-refractivity contribution in [2.45, 2.75) is 26.2 Å². The van der Waals surface area contributed by atoms with Gasteiger partial charge in [-0.15, -0.1) is 24.0 Å². The third kappa shape index (κ3) is 5.56. The molecule has 144 valence electrons. The molecule has 1 spiro atoms. The largest absolute Gasteiger partial charge is 0.381 e. The van der Waals surface area contributed by atoms with E-state index in [-0.39, 0.29) is 35.3 Å². The molecule has 0 aliphatic carbocycles. The molecule has 3 rings (SSSR count). The van der Waals surface area contributed by atoms with E-state index in [0.29, 0.717) is 24.6 Å². The highest BCUT2D eigenvalue weighted by molar-refractivity contribution is 14.0. The van der Waals surface area contributed by atoms with Gasteiger partial charge >= 0.3 is 0 Å². The first-order chi connectivity index (χ1) is 11.4. The highest BCUT2D eigenvalue weighted by Gasteiger charge is 2.42. The summed E-state index contributed by atoms with van der Waals surface area (Å²) < 4.78 is 28.9. The van der Waals surface area contributed by atoms with Crippen LogP contribution in [0.3, 0.4) is 0 Å². The van der Waals surface area contributed by atoms with E-state index in [2.05, 4.69) is 16.8 Å². The molecule has 0 aromatic carbocycles. The smallest absolute Gasteiger partial charge is 0.194 e. The standard InChI is InChI=1S/C17H29N3O3S.HI/c1-14(2)9-18-16(19-10-15-3-8-24(21,22)11-15)20-6-4-17(12-20)5-7-23-13-17;/h15H,1,3-13H2,2H3,(H,18,19);1H. The Kier molecular flexibility index (Phi) is 7.17. The van der Waals surface area contributed by atoms with Crippen LogP contribution in [0.4, 0.5) is 0 Å². The Hall–Kier alpha value is -0.350. The van der Waals surface area contributed by atoms with Crippen LogP contribution in [0.5, 0.6) is 0 Å². The van der Waals surface area contributed by atoms with Gasteiger partial charge in [0.25, 0.3) is 0 Å². The van der Waals surface area contributed by atoms with E-state index in [1.165, 1.54) is 0 Å². The molecule has 3 heterocycles. The van der Waals surface area contributed by atoms with Crippen LogP contribution in [-0.4, -0.2) is 70.2 Å². The number of hydrogen-bond donors (Lipinski definition) is 1. The summed E-state index contributed by atoms with van der Waals surface area (Å²) in [4.78, 5) is 7.01. The van der Waals surface area contributed by atoms with Crippen molar-refractivity contribution in [3.8, 4) is 0 Å². The number of nitrogens with zero attached hydrogens (tertiary/aromatic N) is 2. The zero-order chi connectivity index (χ0) is 17.2. The topological polar surface area (TPSA) is 71.0 Å². The number of hydrogen-bond acceptors (Lipinski definition) is 4. The molecule has 0 bridgehead atoms. The molecule has 3 fully saturated rings. The molecule has 3 aliphatic rings. The summed E-state index contributed by atoms with van der Waals surface area (Å²) >= 11 is 0. The zero-order valence-electron chi connectivity index (χ0n) is 15.0. The molecule has 3 saturated heterocycles. The number of likely N-dealkylation sites (tertiary alicyclic amines) is 1. The zero-order valence-corrected chi connectivity index (χ0v) is 18.1. The van der Waals surface area contributed by atoms with Crippen LogP contribution < -0.4 is 5.32 Å². The third-order valence-corrected chi connectivity index (χ3v) is 7.13. The Morgan fingerprint density at radius 3 is 2.84 bits per heavy atom. The van der Waals surface area contributed by atoms with Gasteiger partial charge in [0.05, 0.1) is 24.7 Å². The quantitative estimate of drug-likeness (QED) is 0.285. The lowest BCUT2D eigenvalue weighted by Crippen LogP contribution is -2.43. The maximum Gasteiger partial charge on any atom is 0.194 e. The van der Waals surface area contributed by atoms with Crippen LogP contribution in [0.2, 0.25) is 0 Å². The molecule has 2 atom stereocenters. The van der Waals surface area contributed by atoms with Gasteiger partial charge in [-0.3, -0.25) is 0 Å². The number of guanidine groups is 1. The van der Waals surface area contributed by atoms with Gasteiger partial charge in [-0.1, -0.05) is 12.2 Å². The minimum atomic E-state index is -2.83. The predicted molar refractivity (Wildman–Crippen MR) is 111 cm³/mol. The molecular weight excluding hydrogens is 453 g/mol. The van der Waals surface area contributed by atoms with E-state index >= 15 is 0 Å². The molecule has 0 saturated carbocycles. The second-order valence-electron chi connectivity index (χ2n) is 7.72. The Labute approximate surface area is 168 Å². The molecule has 0 aromatic rings. The van der Waals surface area contributed by atoms with Crippen LogP contribution >= 0.6 is 24.0 Å². The van der Waals surface area contributed by atoms with Crippen molar-refractivity contribution < 1.29 is 13.2 Å². The number of halogens is 1. The highest BCUT2D eigenvalue weighted by atomic mass is 127. The van der Waals surface area contributed by atoms with E-state index in [1.807, 2.05) is 6.92 Å². The van der Waals surface area contributed by atoms with Crippen molar-refractivity contribution in [2.24, 2.45) is 16.3 Å². The normalized spacial score (nSPS) is 31.3. The summed E-state index contributed by atoms with van der Waals surface area (Å²) in [5.41, 5.74) is 1.30. The van der Waals surface area contributed by atoms with Gasteiger partial charge in [0.2, 0.25) is 0 Å². The molecule has 3 aliphatic heterocycles. The van der Waals surface area contributed by atoms with Crippen molar-refractivity contribution in [3.63, 3.8) is 0 Å². The van der Waals surface area contributed by atoms with Crippen molar-refractivity contribution in [3.05, 3.63) is 12.2 Å². The van der Waals surface area contributed by atoms with Crippen LogP contribution in [0.1, 0.15) is 26.2 Å². The summed E-state index contributed by atoms with van der Waals surface area (Å²) in [7, 11) is -2.83. The Morgan fingerprint density at radius 1 is 1.44 bits per heavy atom. The molecule has 0 amide bonds. The highest BCUT2D eigenvalue weighted by Crippen LogP contribution is 2.38. The monoisotopic (exact) mass is 483 g/mol. The number of ether oxygens (including phenoxy) is 1. The van der Waals surface area contributed by atoms with E-state index in [9.17, 15) is 8.42 Å². The molecule has 6 nitrogen and oxygen atoms in total. The van der Waals surface area contributed by atoms with Crippen LogP contribution in [-0.2, 0) is 14.6 Å². The maximum absolute atomic E-state index is 11.6. The van der Waals surface area contributed by atoms with Crippen LogP contribution in [0.15, 0.2) is 17.1 Å². The summed E-state index contributed by atoms with van der Waals surface area (Å²) in [6.45, 7) is 10.8. The number of sulfone groups is 1. The first-order valence-corrected chi connectivity index (χ1v) is 10.7. The van der Waals surface area contributed by atoms with Crippen LogP contribution in [0.25, 0.3) is 0 Å². The first-order valence-electron chi connectivity index (χ1n) is 8.83. The van der Waals surface area contributed by atoms with Gasteiger partial charge in [-0.2, -0.15) is 0 Å². The lowest BCUT2D eigenvalue weighted by atomic mass is 9.87. The average Bonchev–Trinajstić information content (AvgIpc) is 3.22. The van der Waals surface area contributed by atoms with Crippen molar-refractivity contribution in [2.75, 3.05) is 50.9 Å². The second-order valence-corrected chi connectivity index (χ2v) is 9.95. The molecule has 25 heavy (non-hydrogen) atoms. The Morgan fingerprint density at radius 2 is 2.24 bits per heavy atom. The van der Waals surface area contributed by atoms with E-state index in [1.54, 1.807) is 0 Å². The molecule has 0 aromatic heterocycles. The number of rotatable bonds is 4. The predicted octanol–water partition coefficient (Wildman–Crippen LogP) is 1.67. The molecule has 8 heteroatoms. The molecular formula is C17H30IN3O3S. The molecule has 2 unspecified atom stereocenters. The van der Waals surface area contributed by atoms with E-state index in [4.69, 9.17) is 9.73 Å². The van der Waals surface area contributed by atoms with E-state index in [0.717, 1.165) is 57.1 Å². The van der Waals surface area contributed by atoms with Gasteiger partial charge in [0.15, 0.2) is 15.8 Å². The average molecular weight is 483 g/mol. The molecule has 0 radical (unpaired) electrons. The number of nitrogens with one attached hydrogen (secondary N) is 1. The fourth-order valence-corrected chi connectivity index (χ4v) is 5.70. The van der Waals surface area contributed by atoms with Crippen molar-refractivity contribution in [1.29, 1.82) is 0 Å². The third-order valence-electron chi connectivity index (χ3n) is 5.30. The SMILES string of the molecule is C=C(C)CN=C(NCC1CCS(=O)(=O)C1)N1CCC2(CCOC2)C1.I.